The molecule has 2 aromatic heterocycles. The molecular formula is C21H17BrF6N6O2S. The van der Waals surface area contributed by atoms with Gasteiger partial charge in [0.25, 0.3) is 5.88 Å². The molecule has 0 bridgehead atoms. The van der Waals surface area contributed by atoms with E-state index in [-0.39, 0.29) is 25.8 Å². The predicted octanol–water partition coefficient (Wildman–Crippen LogP) is 5.67. The maximum Gasteiger partial charge on any atom is 0.416 e. The zero-order chi connectivity index (χ0) is 26.8. The average molecular weight is 611 g/mol. The molecule has 0 saturated carbocycles. The molecule has 1 saturated heterocycles. The van der Waals surface area contributed by atoms with E-state index in [4.69, 9.17) is 4.74 Å². The Kier molecular flexibility index (Phi) is 7.77. The van der Waals surface area contributed by atoms with E-state index in [1.165, 1.54) is 4.90 Å². The molecule has 8 nitrogen and oxygen atoms in total. The number of piperazine rings is 1. The lowest BCUT2D eigenvalue weighted by Gasteiger charge is -2.34. The smallest absolute Gasteiger partial charge is 0.416 e. The summed E-state index contributed by atoms with van der Waals surface area (Å²) in [6.45, 7) is 1.11. The van der Waals surface area contributed by atoms with E-state index in [1.54, 1.807) is 18.3 Å². The zero-order valence-corrected chi connectivity index (χ0v) is 21.0. The van der Waals surface area contributed by atoms with Crippen molar-refractivity contribution in [1.29, 1.82) is 0 Å². The molecule has 1 aromatic carbocycles. The number of carbonyl (C=O) groups excluding carboxylic acids is 1. The van der Waals surface area contributed by atoms with Crippen LogP contribution < -0.4 is 15.0 Å². The molecule has 198 valence electrons. The summed E-state index contributed by atoms with van der Waals surface area (Å²) in [7, 11) is 0. The van der Waals surface area contributed by atoms with E-state index in [1.807, 2.05) is 4.90 Å². The number of pyridine rings is 1. The highest BCUT2D eigenvalue weighted by molar-refractivity contribution is 9.10. The summed E-state index contributed by atoms with van der Waals surface area (Å²) >= 11 is 4.23. The van der Waals surface area contributed by atoms with Crippen molar-refractivity contribution in [3.8, 4) is 5.88 Å². The predicted molar refractivity (Wildman–Crippen MR) is 125 cm³/mol. The Hall–Kier alpha value is -3.14. The number of hydrogen-bond acceptors (Lipinski definition) is 7. The number of aromatic nitrogens is 3. The van der Waals surface area contributed by atoms with Crippen LogP contribution in [-0.4, -0.2) is 50.8 Å². The first kappa shape index (κ1) is 26.9. The van der Waals surface area contributed by atoms with Crippen molar-refractivity contribution in [1.82, 2.24) is 18.6 Å². The molecule has 0 spiro atoms. The van der Waals surface area contributed by atoms with Crippen LogP contribution in [-0.2, 0) is 19.0 Å². The van der Waals surface area contributed by atoms with Gasteiger partial charge in [0, 0.05) is 38.1 Å². The van der Waals surface area contributed by atoms with Crippen LogP contribution in [0.25, 0.3) is 0 Å². The fourth-order valence-electron chi connectivity index (χ4n) is 3.49. The van der Waals surface area contributed by atoms with Gasteiger partial charge in [-0.1, -0.05) is 0 Å². The summed E-state index contributed by atoms with van der Waals surface area (Å²) in [5, 5.41) is 2.15. The summed E-state index contributed by atoms with van der Waals surface area (Å²) in [5.74, 6) is 0.783. The molecule has 16 heteroatoms. The number of anilines is 2. The second-order valence-corrected chi connectivity index (χ2v) is 9.21. The number of rotatable bonds is 5. The van der Waals surface area contributed by atoms with Crippen LogP contribution in [0, 0.1) is 0 Å². The number of alkyl halides is 6. The maximum absolute atomic E-state index is 13.1. The Morgan fingerprint density at radius 3 is 2.24 bits per heavy atom. The lowest BCUT2D eigenvalue weighted by atomic mass is 10.1. The Morgan fingerprint density at radius 2 is 1.65 bits per heavy atom. The molecule has 37 heavy (non-hydrogen) atoms. The number of ether oxygens (including phenoxy) is 1. The number of nitrogens with one attached hydrogen (secondary N) is 1. The average Bonchev–Trinajstić information content (AvgIpc) is 3.30. The first-order valence-corrected chi connectivity index (χ1v) is 12.1. The largest absolute Gasteiger partial charge is 0.470 e. The van der Waals surface area contributed by atoms with Crippen molar-refractivity contribution in [2.24, 2.45) is 0 Å². The van der Waals surface area contributed by atoms with E-state index >= 15 is 0 Å². The van der Waals surface area contributed by atoms with E-state index < -0.39 is 35.2 Å². The van der Waals surface area contributed by atoms with Gasteiger partial charge in [-0.05, 0) is 51.8 Å². The molecule has 0 unspecified atom stereocenters. The minimum Gasteiger partial charge on any atom is -0.470 e. The topological polar surface area (TPSA) is 83.5 Å². The minimum absolute atomic E-state index is 0.00346. The van der Waals surface area contributed by atoms with Crippen molar-refractivity contribution in [2.75, 3.05) is 36.4 Å². The van der Waals surface area contributed by atoms with Crippen LogP contribution in [0.4, 0.5) is 42.6 Å². The van der Waals surface area contributed by atoms with Gasteiger partial charge in [-0.2, -0.15) is 30.7 Å². The number of carbonyl (C=O) groups is 1. The van der Waals surface area contributed by atoms with Gasteiger partial charge in [0.15, 0.2) is 0 Å². The van der Waals surface area contributed by atoms with Gasteiger partial charge >= 0.3 is 18.4 Å². The van der Waals surface area contributed by atoms with Crippen LogP contribution in [0.3, 0.4) is 0 Å². The summed E-state index contributed by atoms with van der Waals surface area (Å²) in [6.07, 6.45) is -8.40. The normalized spacial score (nSPS) is 14.6. The molecule has 0 aliphatic carbocycles. The van der Waals surface area contributed by atoms with Crippen molar-refractivity contribution in [2.45, 2.75) is 19.0 Å². The van der Waals surface area contributed by atoms with Crippen LogP contribution in [0.5, 0.6) is 5.88 Å². The first-order chi connectivity index (χ1) is 17.4. The summed E-state index contributed by atoms with van der Waals surface area (Å²) in [5.41, 5.74) is -2.77. The van der Waals surface area contributed by atoms with Gasteiger partial charge in [-0.3, -0.25) is 0 Å². The molecule has 1 N–H and O–H groups in total. The number of urea groups is 1. The van der Waals surface area contributed by atoms with Gasteiger partial charge in [-0.25, -0.2) is 9.78 Å². The fraction of sp³-hybridized carbons (Fsp3) is 0.333. The Morgan fingerprint density at radius 1 is 1.00 bits per heavy atom. The second kappa shape index (κ2) is 10.7. The highest BCUT2D eigenvalue weighted by atomic mass is 79.9. The molecule has 1 fully saturated rings. The molecule has 3 heterocycles. The first-order valence-electron chi connectivity index (χ1n) is 10.6. The Labute approximate surface area is 218 Å². The number of amides is 2. The lowest BCUT2D eigenvalue weighted by molar-refractivity contribution is -0.143. The quantitative estimate of drug-likeness (QED) is 0.296. The molecule has 1 aliphatic rings. The molecule has 2 amide bonds. The third-order valence-corrected chi connectivity index (χ3v) is 6.25. The van der Waals surface area contributed by atoms with Gasteiger partial charge in [0.1, 0.15) is 11.2 Å². The van der Waals surface area contributed by atoms with Gasteiger partial charge in [-0.15, -0.1) is 4.37 Å². The van der Waals surface area contributed by atoms with Crippen molar-refractivity contribution >= 4 is 45.2 Å². The van der Waals surface area contributed by atoms with E-state index in [0.29, 0.717) is 41.5 Å². The van der Waals surface area contributed by atoms with Crippen LogP contribution in [0.2, 0.25) is 0 Å². The lowest BCUT2D eigenvalue weighted by Crippen LogP contribution is -2.50. The molecule has 3 aromatic rings. The maximum atomic E-state index is 13.1. The second-order valence-electron chi connectivity index (χ2n) is 7.87. The van der Waals surface area contributed by atoms with Crippen molar-refractivity contribution in [3.05, 3.63) is 57.8 Å². The number of nitrogens with zero attached hydrogens (tertiary/aromatic N) is 5. The molecule has 1 aliphatic heterocycles. The summed E-state index contributed by atoms with van der Waals surface area (Å²) < 4.78 is 93.3. The van der Waals surface area contributed by atoms with Gasteiger partial charge in [0.05, 0.1) is 22.9 Å². The number of benzene rings is 1. The zero-order valence-electron chi connectivity index (χ0n) is 18.6. The monoisotopic (exact) mass is 610 g/mol. The number of hydrogen-bond donors (Lipinski definition) is 1. The van der Waals surface area contributed by atoms with Crippen molar-refractivity contribution in [3.63, 3.8) is 0 Å². The van der Waals surface area contributed by atoms with Gasteiger partial charge in [0.2, 0.25) is 5.82 Å². The summed E-state index contributed by atoms with van der Waals surface area (Å²) in [6, 6.07) is 3.69. The minimum atomic E-state index is -5.01. The standard InChI is InChI=1S/C21H17BrF6N6O2S/c22-16-7-12(1-2-29-16)11-36-18-17(31-37-32-18)33-3-5-34(6-4-33)19(35)30-15-9-13(20(23,24)25)8-14(10-15)21(26,27)28/h1-2,7-10H,3-6,11H2,(H,30,35). The Balaban J connectivity index is 1.38. The fourth-order valence-corrected chi connectivity index (χ4v) is 4.43. The molecule has 0 radical (unpaired) electrons. The number of halogens is 7. The summed E-state index contributed by atoms with van der Waals surface area (Å²) in [4.78, 5) is 19.8. The van der Waals surface area contributed by atoms with E-state index in [9.17, 15) is 31.1 Å². The molecule has 0 atom stereocenters. The van der Waals surface area contributed by atoms with E-state index in [0.717, 1.165) is 17.3 Å². The van der Waals surface area contributed by atoms with Crippen LogP contribution in [0.15, 0.2) is 41.1 Å². The Bertz CT molecular complexity index is 1230. The highest BCUT2D eigenvalue weighted by Crippen LogP contribution is 2.37. The third-order valence-electron chi connectivity index (χ3n) is 5.31. The van der Waals surface area contributed by atoms with Crippen LogP contribution >= 0.6 is 27.7 Å². The molecule has 4 rings (SSSR count). The SMILES string of the molecule is O=C(Nc1cc(C(F)(F)F)cc(C(F)(F)F)c1)N1CCN(c2nsnc2OCc2ccnc(Br)c2)CC1. The van der Waals surface area contributed by atoms with Crippen molar-refractivity contribution < 1.29 is 35.9 Å². The van der Waals surface area contributed by atoms with E-state index in [2.05, 4.69) is 35.0 Å². The third kappa shape index (κ3) is 6.80. The molecular weight excluding hydrogens is 594 g/mol. The van der Waals surface area contributed by atoms with Gasteiger partial charge < -0.3 is 19.9 Å². The highest BCUT2D eigenvalue weighted by Gasteiger charge is 2.37. The van der Waals surface area contributed by atoms with Crippen LogP contribution in [0.1, 0.15) is 16.7 Å².